The number of rotatable bonds is 2. The van der Waals surface area contributed by atoms with Crippen molar-refractivity contribution in [3.8, 4) is 0 Å². The SMILES string of the molecule is O=C(Nc1ccc2ccccc2c1)C1CC1. The number of carbonyl (C=O) groups is 1. The summed E-state index contributed by atoms with van der Waals surface area (Å²) in [4.78, 5) is 11.6. The number of fused-ring (bicyclic) bond motifs is 1. The molecule has 1 aliphatic rings. The molecule has 1 aliphatic carbocycles. The Kier molecular flexibility index (Phi) is 2.13. The van der Waals surface area contributed by atoms with Gasteiger partial charge in [0.25, 0.3) is 0 Å². The summed E-state index contributed by atoms with van der Waals surface area (Å²) in [5.41, 5.74) is 0.899. The van der Waals surface area contributed by atoms with Crippen LogP contribution < -0.4 is 5.32 Å². The zero-order chi connectivity index (χ0) is 11.0. The van der Waals surface area contributed by atoms with Crippen LogP contribution in [0.15, 0.2) is 42.5 Å². The Labute approximate surface area is 94.3 Å². The van der Waals surface area contributed by atoms with Gasteiger partial charge in [0.1, 0.15) is 0 Å². The summed E-state index contributed by atoms with van der Waals surface area (Å²) in [5, 5.41) is 5.32. The first-order valence-electron chi connectivity index (χ1n) is 5.62. The number of anilines is 1. The van der Waals surface area contributed by atoms with Gasteiger partial charge in [0, 0.05) is 11.6 Å². The normalized spacial score (nSPS) is 15.0. The predicted octanol–water partition coefficient (Wildman–Crippen LogP) is 3.19. The van der Waals surface area contributed by atoms with Crippen LogP contribution in [0.1, 0.15) is 12.8 Å². The molecular formula is C14H13NO. The minimum Gasteiger partial charge on any atom is -0.326 e. The highest BCUT2D eigenvalue weighted by atomic mass is 16.2. The fraction of sp³-hybridized carbons (Fsp3) is 0.214. The van der Waals surface area contributed by atoms with Gasteiger partial charge in [0.15, 0.2) is 0 Å². The number of nitrogens with one attached hydrogen (secondary N) is 1. The second-order valence-electron chi connectivity index (χ2n) is 4.33. The molecule has 2 aromatic carbocycles. The van der Waals surface area contributed by atoms with Crippen molar-refractivity contribution < 1.29 is 4.79 Å². The molecule has 2 nitrogen and oxygen atoms in total. The monoisotopic (exact) mass is 211 g/mol. The maximum Gasteiger partial charge on any atom is 0.227 e. The lowest BCUT2D eigenvalue weighted by Gasteiger charge is -2.05. The third kappa shape index (κ3) is 1.78. The second-order valence-corrected chi connectivity index (χ2v) is 4.33. The average Bonchev–Trinajstić information content (AvgIpc) is 3.12. The number of carbonyl (C=O) groups excluding carboxylic acids is 1. The third-order valence-electron chi connectivity index (χ3n) is 2.97. The van der Waals surface area contributed by atoms with Crippen molar-refractivity contribution in [1.29, 1.82) is 0 Å². The molecule has 3 rings (SSSR count). The van der Waals surface area contributed by atoms with Gasteiger partial charge in [-0.1, -0.05) is 30.3 Å². The molecule has 0 atom stereocenters. The molecule has 0 aromatic heterocycles. The van der Waals surface area contributed by atoms with E-state index >= 15 is 0 Å². The average molecular weight is 211 g/mol. The van der Waals surface area contributed by atoms with Crippen molar-refractivity contribution in [3.05, 3.63) is 42.5 Å². The van der Waals surface area contributed by atoms with Gasteiger partial charge in [-0.05, 0) is 35.7 Å². The minimum absolute atomic E-state index is 0.162. The van der Waals surface area contributed by atoms with Crippen molar-refractivity contribution >= 4 is 22.4 Å². The predicted molar refractivity (Wildman–Crippen MR) is 65.3 cm³/mol. The molecule has 1 N–H and O–H groups in total. The van der Waals surface area contributed by atoms with Crippen LogP contribution in [0.5, 0.6) is 0 Å². The number of hydrogen-bond donors (Lipinski definition) is 1. The molecule has 0 aliphatic heterocycles. The molecule has 0 spiro atoms. The first-order chi connectivity index (χ1) is 7.83. The molecule has 1 saturated carbocycles. The van der Waals surface area contributed by atoms with Crippen LogP contribution in [0.4, 0.5) is 5.69 Å². The van der Waals surface area contributed by atoms with Crippen LogP contribution in [0.3, 0.4) is 0 Å². The Morgan fingerprint density at radius 2 is 1.81 bits per heavy atom. The zero-order valence-electron chi connectivity index (χ0n) is 8.94. The smallest absolute Gasteiger partial charge is 0.227 e. The van der Waals surface area contributed by atoms with Crippen molar-refractivity contribution in [2.75, 3.05) is 5.32 Å². The van der Waals surface area contributed by atoms with E-state index in [2.05, 4.69) is 17.4 Å². The van der Waals surface area contributed by atoms with Crippen LogP contribution in [-0.2, 0) is 4.79 Å². The van der Waals surface area contributed by atoms with E-state index in [-0.39, 0.29) is 11.8 Å². The lowest BCUT2D eigenvalue weighted by Crippen LogP contribution is -2.12. The van der Waals surface area contributed by atoms with E-state index in [1.807, 2.05) is 30.3 Å². The summed E-state index contributed by atoms with van der Waals surface area (Å²) in [7, 11) is 0. The Morgan fingerprint density at radius 1 is 1.06 bits per heavy atom. The van der Waals surface area contributed by atoms with Crippen LogP contribution in [0.25, 0.3) is 10.8 Å². The van der Waals surface area contributed by atoms with Crippen LogP contribution in [-0.4, -0.2) is 5.91 Å². The first-order valence-corrected chi connectivity index (χ1v) is 5.62. The van der Waals surface area contributed by atoms with Crippen LogP contribution >= 0.6 is 0 Å². The Balaban J connectivity index is 1.89. The molecule has 0 radical (unpaired) electrons. The van der Waals surface area contributed by atoms with Crippen molar-refractivity contribution in [2.45, 2.75) is 12.8 Å². The number of benzene rings is 2. The Morgan fingerprint density at radius 3 is 2.56 bits per heavy atom. The molecule has 0 unspecified atom stereocenters. The molecule has 0 bridgehead atoms. The van der Waals surface area contributed by atoms with E-state index in [1.165, 1.54) is 5.39 Å². The number of amides is 1. The summed E-state index contributed by atoms with van der Waals surface area (Å²) in [6.45, 7) is 0. The highest BCUT2D eigenvalue weighted by Gasteiger charge is 2.29. The molecule has 16 heavy (non-hydrogen) atoms. The lowest BCUT2D eigenvalue weighted by molar-refractivity contribution is -0.117. The molecule has 1 amide bonds. The van der Waals surface area contributed by atoms with Crippen molar-refractivity contribution in [2.24, 2.45) is 5.92 Å². The van der Waals surface area contributed by atoms with Gasteiger partial charge in [0.2, 0.25) is 5.91 Å². The molecule has 2 heteroatoms. The molecule has 0 saturated heterocycles. The highest BCUT2D eigenvalue weighted by Crippen LogP contribution is 2.30. The quantitative estimate of drug-likeness (QED) is 0.812. The molecular weight excluding hydrogens is 198 g/mol. The second kappa shape index (κ2) is 3.63. The zero-order valence-corrected chi connectivity index (χ0v) is 8.94. The topological polar surface area (TPSA) is 29.1 Å². The van der Waals surface area contributed by atoms with E-state index < -0.39 is 0 Å². The van der Waals surface area contributed by atoms with Gasteiger partial charge in [0.05, 0.1) is 0 Å². The van der Waals surface area contributed by atoms with Crippen LogP contribution in [0.2, 0.25) is 0 Å². The van der Waals surface area contributed by atoms with E-state index in [4.69, 9.17) is 0 Å². The molecule has 80 valence electrons. The highest BCUT2D eigenvalue weighted by molar-refractivity contribution is 5.96. The maximum atomic E-state index is 11.6. The van der Waals surface area contributed by atoms with Crippen molar-refractivity contribution in [1.82, 2.24) is 0 Å². The molecule has 1 fully saturated rings. The van der Waals surface area contributed by atoms with E-state index in [9.17, 15) is 4.79 Å². The number of hydrogen-bond acceptors (Lipinski definition) is 1. The fourth-order valence-corrected chi connectivity index (χ4v) is 1.86. The standard InChI is InChI=1S/C14H13NO/c16-14(11-5-6-11)15-13-8-7-10-3-1-2-4-12(10)9-13/h1-4,7-9,11H,5-6H2,(H,15,16). The van der Waals surface area contributed by atoms with Gasteiger partial charge in [-0.3, -0.25) is 4.79 Å². The minimum atomic E-state index is 0.162. The summed E-state index contributed by atoms with van der Waals surface area (Å²) >= 11 is 0. The molecule has 0 heterocycles. The van der Waals surface area contributed by atoms with Crippen LogP contribution in [0, 0.1) is 5.92 Å². The summed E-state index contributed by atoms with van der Waals surface area (Å²) in [6.07, 6.45) is 2.08. The summed E-state index contributed by atoms with van der Waals surface area (Å²) in [6, 6.07) is 14.2. The summed E-state index contributed by atoms with van der Waals surface area (Å²) in [5.74, 6) is 0.418. The largest absolute Gasteiger partial charge is 0.326 e. The third-order valence-corrected chi connectivity index (χ3v) is 2.97. The maximum absolute atomic E-state index is 11.6. The lowest BCUT2D eigenvalue weighted by atomic mass is 10.1. The Hall–Kier alpha value is -1.83. The van der Waals surface area contributed by atoms with E-state index in [0.717, 1.165) is 23.9 Å². The van der Waals surface area contributed by atoms with Gasteiger partial charge in [-0.15, -0.1) is 0 Å². The van der Waals surface area contributed by atoms with Gasteiger partial charge in [-0.2, -0.15) is 0 Å². The van der Waals surface area contributed by atoms with Crippen molar-refractivity contribution in [3.63, 3.8) is 0 Å². The summed E-state index contributed by atoms with van der Waals surface area (Å²) < 4.78 is 0. The fourth-order valence-electron chi connectivity index (χ4n) is 1.86. The Bertz CT molecular complexity index is 543. The van der Waals surface area contributed by atoms with Gasteiger partial charge in [-0.25, -0.2) is 0 Å². The van der Waals surface area contributed by atoms with E-state index in [0.29, 0.717) is 0 Å². The molecule has 2 aromatic rings. The van der Waals surface area contributed by atoms with Gasteiger partial charge >= 0.3 is 0 Å². The van der Waals surface area contributed by atoms with E-state index in [1.54, 1.807) is 0 Å². The first kappa shape index (κ1) is 9.40. The van der Waals surface area contributed by atoms with Gasteiger partial charge < -0.3 is 5.32 Å².